The van der Waals surface area contributed by atoms with Gasteiger partial charge in [-0.25, -0.2) is 0 Å². The molecule has 1 N–H and O–H groups in total. The Labute approximate surface area is 84.0 Å². The van der Waals surface area contributed by atoms with Gasteiger partial charge in [-0.1, -0.05) is 12.1 Å². The zero-order chi connectivity index (χ0) is 10.7. The molecule has 1 aromatic carbocycles. The number of carbonyl (C=O) groups excluding carboxylic acids is 1. The van der Waals surface area contributed by atoms with E-state index in [0.29, 0.717) is 0 Å². The van der Waals surface area contributed by atoms with E-state index in [9.17, 15) is 4.79 Å². The summed E-state index contributed by atoms with van der Waals surface area (Å²) >= 11 is 0. The fourth-order valence-electron chi connectivity index (χ4n) is 1.25. The Hall–Kier alpha value is -1.51. The smallest absolute Gasteiger partial charge is 0.219 e. The maximum Gasteiger partial charge on any atom is 0.219 e. The lowest BCUT2D eigenvalue weighted by molar-refractivity contribution is -0.129. The van der Waals surface area contributed by atoms with Gasteiger partial charge in [0, 0.05) is 14.0 Å². The number of amides is 1. The number of aromatic hydroxyl groups is 1. The van der Waals surface area contributed by atoms with Crippen LogP contribution in [0, 0.1) is 0 Å². The molecule has 0 aromatic heterocycles. The van der Waals surface area contributed by atoms with Crippen LogP contribution in [0.3, 0.4) is 0 Å². The fraction of sp³-hybridized carbons (Fsp3) is 0.364. The van der Waals surface area contributed by atoms with Crippen LogP contribution in [0.25, 0.3) is 0 Å². The maximum absolute atomic E-state index is 11.1. The SMILES string of the molecule is CC(=O)N(C)[C@@H](C)c1ccc(O)cc1. The molecule has 0 radical (unpaired) electrons. The standard InChI is InChI=1S/C11H15NO2/c1-8(12(3)9(2)13)10-4-6-11(14)7-5-10/h4-8,14H,1-3H3/t8-/m0/s1. The summed E-state index contributed by atoms with van der Waals surface area (Å²) in [6, 6.07) is 6.92. The zero-order valence-electron chi connectivity index (χ0n) is 8.69. The Morgan fingerprint density at radius 3 is 2.29 bits per heavy atom. The van der Waals surface area contributed by atoms with Crippen LogP contribution in [-0.4, -0.2) is 23.0 Å². The van der Waals surface area contributed by atoms with E-state index in [0.717, 1.165) is 5.56 Å². The predicted octanol–water partition coefficient (Wildman–Crippen LogP) is 1.93. The number of phenolic OH excluding ortho intramolecular Hbond substituents is 1. The Kier molecular flexibility index (Phi) is 3.12. The van der Waals surface area contributed by atoms with Crippen molar-refractivity contribution in [1.29, 1.82) is 0 Å². The molecular formula is C11H15NO2. The van der Waals surface area contributed by atoms with Crippen molar-refractivity contribution < 1.29 is 9.90 Å². The molecule has 1 rings (SSSR count). The van der Waals surface area contributed by atoms with Gasteiger partial charge in [0.05, 0.1) is 6.04 Å². The molecule has 0 fully saturated rings. The van der Waals surface area contributed by atoms with Crippen LogP contribution in [0.1, 0.15) is 25.5 Å². The molecule has 0 saturated carbocycles. The summed E-state index contributed by atoms with van der Waals surface area (Å²) < 4.78 is 0. The summed E-state index contributed by atoms with van der Waals surface area (Å²) in [7, 11) is 1.76. The molecule has 0 aliphatic heterocycles. The second-order valence-corrected chi connectivity index (χ2v) is 3.40. The van der Waals surface area contributed by atoms with Gasteiger partial charge in [-0.05, 0) is 24.6 Å². The Morgan fingerprint density at radius 2 is 1.86 bits per heavy atom. The van der Waals surface area contributed by atoms with Crippen LogP contribution in [0.5, 0.6) is 5.75 Å². The second kappa shape index (κ2) is 4.13. The lowest BCUT2D eigenvalue weighted by atomic mass is 10.1. The van der Waals surface area contributed by atoms with Crippen LogP contribution >= 0.6 is 0 Å². The minimum Gasteiger partial charge on any atom is -0.508 e. The highest BCUT2D eigenvalue weighted by atomic mass is 16.3. The molecule has 0 bridgehead atoms. The van der Waals surface area contributed by atoms with Gasteiger partial charge in [0.1, 0.15) is 5.75 Å². The first-order chi connectivity index (χ1) is 6.52. The van der Waals surface area contributed by atoms with Gasteiger partial charge in [-0.2, -0.15) is 0 Å². The third-order valence-electron chi connectivity index (χ3n) is 2.45. The van der Waals surface area contributed by atoms with E-state index in [2.05, 4.69) is 0 Å². The summed E-state index contributed by atoms with van der Waals surface area (Å²) in [5, 5.41) is 9.11. The quantitative estimate of drug-likeness (QED) is 0.779. The topological polar surface area (TPSA) is 40.5 Å². The molecule has 0 saturated heterocycles. The van der Waals surface area contributed by atoms with Crippen LogP contribution in [0.15, 0.2) is 24.3 Å². The first kappa shape index (κ1) is 10.6. The summed E-state index contributed by atoms with van der Waals surface area (Å²) in [5.74, 6) is 0.275. The van der Waals surface area contributed by atoms with Gasteiger partial charge >= 0.3 is 0 Å². The highest BCUT2D eigenvalue weighted by Crippen LogP contribution is 2.20. The number of benzene rings is 1. The van der Waals surface area contributed by atoms with Crippen molar-refractivity contribution in [3.8, 4) is 5.75 Å². The van der Waals surface area contributed by atoms with Crippen molar-refractivity contribution in [3.63, 3.8) is 0 Å². The van der Waals surface area contributed by atoms with Crippen LogP contribution in [0.2, 0.25) is 0 Å². The molecular weight excluding hydrogens is 178 g/mol. The first-order valence-corrected chi connectivity index (χ1v) is 4.54. The molecule has 1 aromatic rings. The second-order valence-electron chi connectivity index (χ2n) is 3.40. The van der Waals surface area contributed by atoms with Crippen molar-refractivity contribution >= 4 is 5.91 Å². The minimum absolute atomic E-state index is 0.0329. The number of rotatable bonds is 2. The average Bonchev–Trinajstić information content (AvgIpc) is 2.16. The Balaban J connectivity index is 2.84. The molecule has 0 aliphatic carbocycles. The molecule has 0 unspecified atom stereocenters. The number of hydrogen-bond donors (Lipinski definition) is 1. The molecule has 76 valence electrons. The lowest BCUT2D eigenvalue weighted by Crippen LogP contribution is -2.26. The highest BCUT2D eigenvalue weighted by molar-refractivity contribution is 5.73. The third-order valence-corrected chi connectivity index (χ3v) is 2.45. The van der Waals surface area contributed by atoms with Gasteiger partial charge in [0.15, 0.2) is 0 Å². The largest absolute Gasteiger partial charge is 0.508 e. The molecule has 0 aliphatic rings. The zero-order valence-corrected chi connectivity index (χ0v) is 8.69. The summed E-state index contributed by atoms with van der Waals surface area (Å²) in [6.45, 7) is 3.49. The summed E-state index contributed by atoms with van der Waals surface area (Å²) in [4.78, 5) is 12.8. The van der Waals surface area contributed by atoms with E-state index in [4.69, 9.17) is 5.11 Å². The van der Waals surface area contributed by atoms with Gasteiger partial charge in [0.2, 0.25) is 5.91 Å². The van der Waals surface area contributed by atoms with E-state index in [1.165, 1.54) is 6.92 Å². The molecule has 0 spiro atoms. The van der Waals surface area contributed by atoms with Gasteiger partial charge < -0.3 is 10.0 Å². The average molecular weight is 193 g/mol. The van der Waals surface area contributed by atoms with Crippen molar-refractivity contribution in [1.82, 2.24) is 4.90 Å². The van der Waals surface area contributed by atoms with Crippen LogP contribution in [-0.2, 0) is 4.79 Å². The highest BCUT2D eigenvalue weighted by Gasteiger charge is 2.13. The normalized spacial score (nSPS) is 12.2. The molecule has 1 amide bonds. The fourth-order valence-corrected chi connectivity index (χ4v) is 1.25. The predicted molar refractivity (Wildman–Crippen MR) is 55.0 cm³/mol. The first-order valence-electron chi connectivity index (χ1n) is 4.54. The molecule has 0 heterocycles. The van der Waals surface area contributed by atoms with Crippen molar-refractivity contribution in [3.05, 3.63) is 29.8 Å². The third kappa shape index (κ3) is 2.25. The molecule has 3 heteroatoms. The number of carbonyl (C=O) groups is 1. The Bertz CT molecular complexity index is 319. The number of phenols is 1. The van der Waals surface area contributed by atoms with E-state index >= 15 is 0 Å². The Morgan fingerprint density at radius 1 is 1.36 bits per heavy atom. The van der Waals surface area contributed by atoms with E-state index in [1.807, 2.05) is 19.1 Å². The molecule has 1 atom stereocenters. The maximum atomic E-state index is 11.1. The summed E-state index contributed by atoms with van der Waals surface area (Å²) in [5.41, 5.74) is 1.01. The van der Waals surface area contributed by atoms with Crippen molar-refractivity contribution in [2.45, 2.75) is 19.9 Å². The van der Waals surface area contributed by atoms with Crippen LogP contribution < -0.4 is 0 Å². The molecule has 14 heavy (non-hydrogen) atoms. The summed E-state index contributed by atoms with van der Waals surface area (Å²) in [6.07, 6.45) is 0. The number of hydrogen-bond acceptors (Lipinski definition) is 2. The van der Waals surface area contributed by atoms with Gasteiger partial charge in [0.25, 0.3) is 0 Å². The van der Waals surface area contributed by atoms with Crippen molar-refractivity contribution in [2.75, 3.05) is 7.05 Å². The number of nitrogens with zero attached hydrogens (tertiary/aromatic N) is 1. The molecule has 3 nitrogen and oxygen atoms in total. The van der Waals surface area contributed by atoms with E-state index < -0.39 is 0 Å². The van der Waals surface area contributed by atoms with Crippen molar-refractivity contribution in [2.24, 2.45) is 0 Å². The minimum atomic E-state index is 0.0329. The van der Waals surface area contributed by atoms with E-state index in [1.54, 1.807) is 24.1 Å². The monoisotopic (exact) mass is 193 g/mol. The van der Waals surface area contributed by atoms with Gasteiger partial charge in [-0.3, -0.25) is 4.79 Å². The van der Waals surface area contributed by atoms with Crippen LogP contribution in [0.4, 0.5) is 0 Å². The lowest BCUT2D eigenvalue weighted by Gasteiger charge is -2.23. The van der Waals surface area contributed by atoms with Gasteiger partial charge in [-0.15, -0.1) is 0 Å². The van der Waals surface area contributed by atoms with E-state index in [-0.39, 0.29) is 17.7 Å².